The molecule has 1 aromatic heterocycles. The first-order valence-electron chi connectivity index (χ1n) is 8.13. The summed E-state index contributed by atoms with van der Waals surface area (Å²) in [4.78, 5) is 4.94. The number of imidazole rings is 1. The standard InChI is InChI=1S/C16H27N3/c1-3-5-16-18-14-11-17-9-8-15(14)19(16)13(4-2)10-12-6-7-12/h12-13,17H,3-11H2,1-2H3. The topological polar surface area (TPSA) is 29.9 Å². The molecule has 0 amide bonds. The van der Waals surface area contributed by atoms with E-state index in [-0.39, 0.29) is 0 Å². The Morgan fingerprint density at radius 2 is 2.21 bits per heavy atom. The fourth-order valence-electron chi connectivity index (χ4n) is 3.41. The van der Waals surface area contributed by atoms with Gasteiger partial charge in [-0.05, 0) is 25.2 Å². The van der Waals surface area contributed by atoms with Gasteiger partial charge in [0, 0.05) is 37.7 Å². The van der Waals surface area contributed by atoms with Crippen LogP contribution in [-0.4, -0.2) is 16.1 Å². The third kappa shape index (κ3) is 2.71. The minimum Gasteiger partial charge on any atom is -0.329 e. The van der Waals surface area contributed by atoms with Gasteiger partial charge >= 0.3 is 0 Å². The Balaban J connectivity index is 1.92. The maximum atomic E-state index is 4.94. The highest BCUT2D eigenvalue weighted by Crippen LogP contribution is 2.39. The molecule has 1 fully saturated rings. The van der Waals surface area contributed by atoms with Crippen molar-refractivity contribution >= 4 is 0 Å². The van der Waals surface area contributed by atoms with Gasteiger partial charge in [-0.3, -0.25) is 0 Å². The van der Waals surface area contributed by atoms with Gasteiger partial charge in [0.05, 0.1) is 5.69 Å². The summed E-state index contributed by atoms with van der Waals surface area (Å²) in [6, 6.07) is 0.698. The van der Waals surface area contributed by atoms with E-state index in [0.717, 1.165) is 31.8 Å². The number of hydrogen-bond donors (Lipinski definition) is 1. The largest absolute Gasteiger partial charge is 0.329 e. The number of aromatic nitrogens is 2. The smallest absolute Gasteiger partial charge is 0.109 e. The van der Waals surface area contributed by atoms with E-state index < -0.39 is 0 Å². The summed E-state index contributed by atoms with van der Waals surface area (Å²) in [5.41, 5.74) is 2.86. The summed E-state index contributed by atoms with van der Waals surface area (Å²) in [6.45, 7) is 6.69. The predicted molar refractivity (Wildman–Crippen MR) is 78.3 cm³/mol. The molecule has 2 aliphatic rings. The summed E-state index contributed by atoms with van der Waals surface area (Å²) in [5, 5.41) is 3.46. The van der Waals surface area contributed by atoms with Crippen molar-refractivity contribution in [2.75, 3.05) is 6.54 Å². The lowest BCUT2D eigenvalue weighted by molar-refractivity contribution is 0.401. The Morgan fingerprint density at radius 1 is 1.37 bits per heavy atom. The number of aryl methyl sites for hydroxylation is 1. The van der Waals surface area contributed by atoms with Crippen LogP contribution in [-0.2, 0) is 19.4 Å². The van der Waals surface area contributed by atoms with E-state index in [1.807, 2.05) is 0 Å². The second-order valence-corrected chi connectivity index (χ2v) is 6.21. The maximum absolute atomic E-state index is 4.94. The molecule has 0 saturated heterocycles. The molecule has 3 heteroatoms. The lowest BCUT2D eigenvalue weighted by Crippen LogP contribution is -2.26. The van der Waals surface area contributed by atoms with Crippen LogP contribution in [0.3, 0.4) is 0 Å². The normalized spacial score (nSPS) is 20.3. The van der Waals surface area contributed by atoms with Gasteiger partial charge in [0.2, 0.25) is 0 Å². The molecule has 106 valence electrons. The average Bonchev–Trinajstić information content (AvgIpc) is 3.17. The van der Waals surface area contributed by atoms with E-state index in [0.29, 0.717) is 6.04 Å². The monoisotopic (exact) mass is 261 g/mol. The van der Waals surface area contributed by atoms with Gasteiger partial charge in [0.1, 0.15) is 5.82 Å². The first-order valence-corrected chi connectivity index (χ1v) is 8.13. The molecule has 19 heavy (non-hydrogen) atoms. The quantitative estimate of drug-likeness (QED) is 0.852. The van der Waals surface area contributed by atoms with Gasteiger partial charge in [0.15, 0.2) is 0 Å². The molecular formula is C16H27N3. The van der Waals surface area contributed by atoms with E-state index in [2.05, 4.69) is 23.7 Å². The molecule has 1 unspecified atom stereocenters. The highest BCUT2D eigenvalue weighted by molar-refractivity contribution is 5.21. The van der Waals surface area contributed by atoms with Gasteiger partial charge < -0.3 is 9.88 Å². The van der Waals surface area contributed by atoms with E-state index in [1.165, 1.54) is 49.3 Å². The fourth-order valence-corrected chi connectivity index (χ4v) is 3.41. The molecule has 1 aliphatic heterocycles. The Labute approximate surface area is 116 Å². The summed E-state index contributed by atoms with van der Waals surface area (Å²) in [6.07, 6.45) is 9.04. The molecule has 1 aliphatic carbocycles. The van der Waals surface area contributed by atoms with Gasteiger partial charge in [-0.25, -0.2) is 4.98 Å². The van der Waals surface area contributed by atoms with Crippen LogP contribution in [0.25, 0.3) is 0 Å². The second-order valence-electron chi connectivity index (χ2n) is 6.21. The number of nitrogens with zero attached hydrogens (tertiary/aromatic N) is 2. The second kappa shape index (κ2) is 5.66. The third-order valence-electron chi connectivity index (χ3n) is 4.61. The third-order valence-corrected chi connectivity index (χ3v) is 4.61. The van der Waals surface area contributed by atoms with E-state index >= 15 is 0 Å². The molecule has 0 radical (unpaired) electrons. The van der Waals surface area contributed by atoms with Crippen molar-refractivity contribution in [3.63, 3.8) is 0 Å². The van der Waals surface area contributed by atoms with Crippen molar-refractivity contribution in [1.82, 2.24) is 14.9 Å². The lowest BCUT2D eigenvalue weighted by Gasteiger charge is -2.24. The summed E-state index contributed by atoms with van der Waals surface area (Å²) < 4.78 is 2.64. The summed E-state index contributed by atoms with van der Waals surface area (Å²) in [7, 11) is 0. The van der Waals surface area contributed by atoms with Crippen LogP contribution in [0.1, 0.15) is 69.2 Å². The first kappa shape index (κ1) is 13.2. The lowest BCUT2D eigenvalue weighted by atomic mass is 10.1. The van der Waals surface area contributed by atoms with Crippen molar-refractivity contribution in [2.45, 2.75) is 71.4 Å². The minimum absolute atomic E-state index is 0.698. The van der Waals surface area contributed by atoms with Gasteiger partial charge in [0.25, 0.3) is 0 Å². The zero-order chi connectivity index (χ0) is 13.2. The number of hydrogen-bond acceptors (Lipinski definition) is 2. The van der Waals surface area contributed by atoms with Crippen LogP contribution in [0, 0.1) is 5.92 Å². The molecule has 0 spiro atoms. The predicted octanol–water partition coefficient (Wildman–Crippen LogP) is 3.23. The number of rotatable bonds is 6. The summed E-state index contributed by atoms with van der Waals surface area (Å²) >= 11 is 0. The maximum Gasteiger partial charge on any atom is 0.109 e. The fraction of sp³-hybridized carbons (Fsp3) is 0.812. The first-order chi connectivity index (χ1) is 9.33. The molecule has 0 bridgehead atoms. The van der Waals surface area contributed by atoms with Crippen LogP contribution in [0.4, 0.5) is 0 Å². The molecule has 3 nitrogen and oxygen atoms in total. The average molecular weight is 261 g/mol. The zero-order valence-corrected chi connectivity index (χ0v) is 12.4. The van der Waals surface area contributed by atoms with Crippen molar-refractivity contribution in [1.29, 1.82) is 0 Å². The highest BCUT2D eigenvalue weighted by atomic mass is 15.1. The van der Waals surface area contributed by atoms with Crippen LogP contribution in [0.5, 0.6) is 0 Å². The van der Waals surface area contributed by atoms with Crippen molar-refractivity contribution in [2.24, 2.45) is 5.92 Å². The SMILES string of the molecule is CCCc1nc2c(n1C(CC)CC1CC1)CCNC2. The molecule has 0 aromatic carbocycles. The number of nitrogens with one attached hydrogen (secondary N) is 1. The van der Waals surface area contributed by atoms with Crippen LogP contribution in [0.15, 0.2) is 0 Å². The van der Waals surface area contributed by atoms with E-state index in [9.17, 15) is 0 Å². The Morgan fingerprint density at radius 3 is 2.89 bits per heavy atom. The van der Waals surface area contributed by atoms with Gasteiger partial charge in [-0.2, -0.15) is 0 Å². The Kier molecular flexibility index (Phi) is 3.92. The molecule has 1 aromatic rings. The molecular weight excluding hydrogens is 234 g/mol. The van der Waals surface area contributed by atoms with Crippen molar-refractivity contribution in [3.8, 4) is 0 Å². The molecule has 2 heterocycles. The Hall–Kier alpha value is -0.830. The molecule has 3 rings (SSSR count). The zero-order valence-electron chi connectivity index (χ0n) is 12.4. The molecule has 1 saturated carbocycles. The Bertz CT molecular complexity index is 431. The van der Waals surface area contributed by atoms with Crippen molar-refractivity contribution in [3.05, 3.63) is 17.2 Å². The minimum atomic E-state index is 0.698. The van der Waals surface area contributed by atoms with E-state index in [4.69, 9.17) is 4.98 Å². The molecule has 1 N–H and O–H groups in total. The van der Waals surface area contributed by atoms with Crippen molar-refractivity contribution < 1.29 is 0 Å². The van der Waals surface area contributed by atoms with Crippen LogP contribution in [0.2, 0.25) is 0 Å². The van der Waals surface area contributed by atoms with Crippen LogP contribution < -0.4 is 5.32 Å². The highest BCUT2D eigenvalue weighted by Gasteiger charge is 2.29. The van der Waals surface area contributed by atoms with Gasteiger partial charge in [-0.15, -0.1) is 0 Å². The van der Waals surface area contributed by atoms with Gasteiger partial charge in [-0.1, -0.05) is 26.7 Å². The summed E-state index contributed by atoms with van der Waals surface area (Å²) in [5.74, 6) is 2.35. The van der Waals surface area contributed by atoms with Crippen LogP contribution >= 0.6 is 0 Å². The molecule has 1 atom stereocenters. The number of fused-ring (bicyclic) bond motifs is 1. The van der Waals surface area contributed by atoms with E-state index in [1.54, 1.807) is 0 Å².